The molecule has 0 saturated heterocycles. The molecular formula is C14H15N3OS. The number of methoxy groups -OCH3 is 1. The molecule has 0 bridgehead atoms. The van der Waals surface area contributed by atoms with Crippen LogP contribution >= 0.6 is 11.3 Å². The Balaban J connectivity index is 2.08. The van der Waals surface area contributed by atoms with E-state index in [2.05, 4.69) is 23.9 Å². The molecule has 3 aromatic rings. The average molecular weight is 273 g/mol. The van der Waals surface area contributed by atoms with Gasteiger partial charge in [-0.25, -0.2) is 9.50 Å². The van der Waals surface area contributed by atoms with E-state index in [1.165, 1.54) is 0 Å². The van der Waals surface area contributed by atoms with Crippen molar-refractivity contribution in [3.63, 3.8) is 0 Å². The summed E-state index contributed by atoms with van der Waals surface area (Å²) < 4.78 is 7.11. The van der Waals surface area contributed by atoms with Gasteiger partial charge in [-0.2, -0.15) is 5.10 Å². The second-order valence-corrected chi connectivity index (χ2v) is 5.36. The van der Waals surface area contributed by atoms with Gasteiger partial charge in [0.05, 0.1) is 18.5 Å². The number of ether oxygens (including phenoxy) is 1. The summed E-state index contributed by atoms with van der Waals surface area (Å²) in [5, 5.41) is 5.68. The van der Waals surface area contributed by atoms with E-state index in [4.69, 9.17) is 4.74 Å². The van der Waals surface area contributed by atoms with Crippen LogP contribution in [0.25, 0.3) is 16.2 Å². The van der Waals surface area contributed by atoms with E-state index in [0.717, 1.165) is 39.1 Å². The molecule has 0 aliphatic heterocycles. The van der Waals surface area contributed by atoms with Crippen molar-refractivity contribution in [2.45, 2.75) is 20.3 Å². The first-order valence-electron chi connectivity index (χ1n) is 6.22. The van der Waals surface area contributed by atoms with Crippen molar-refractivity contribution in [2.75, 3.05) is 7.11 Å². The smallest absolute Gasteiger partial charge is 0.212 e. The molecule has 1 aromatic carbocycles. The standard InChI is InChI=1S/C14H15N3OS/c1-4-12-16-17-9(2)13(15-14(17)19-12)10-5-7-11(18-3)8-6-10/h5-8H,4H2,1-3H3. The predicted molar refractivity (Wildman–Crippen MR) is 77.0 cm³/mol. The molecule has 2 heterocycles. The minimum absolute atomic E-state index is 0.855. The predicted octanol–water partition coefficient (Wildman–Crippen LogP) is 3.34. The van der Waals surface area contributed by atoms with Crippen molar-refractivity contribution in [3.8, 4) is 17.0 Å². The molecular weight excluding hydrogens is 258 g/mol. The molecule has 0 unspecified atom stereocenters. The lowest BCUT2D eigenvalue weighted by Crippen LogP contribution is -1.90. The molecule has 3 rings (SSSR count). The molecule has 19 heavy (non-hydrogen) atoms. The normalized spacial score (nSPS) is 11.1. The number of hydrogen-bond acceptors (Lipinski definition) is 4. The lowest BCUT2D eigenvalue weighted by molar-refractivity contribution is 0.415. The highest BCUT2D eigenvalue weighted by Gasteiger charge is 2.14. The Morgan fingerprint density at radius 3 is 2.58 bits per heavy atom. The van der Waals surface area contributed by atoms with Gasteiger partial charge in [0.25, 0.3) is 0 Å². The zero-order chi connectivity index (χ0) is 13.4. The van der Waals surface area contributed by atoms with E-state index >= 15 is 0 Å². The highest BCUT2D eigenvalue weighted by Crippen LogP contribution is 2.27. The second kappa shape index (κ2) is 4.66. The summed E-state index contributed by atoms with van der Waals surface area (Å²) in [5.74, 6) is 0.855. The third-order valence-corrected chi connectivity index (χ3v) is 4.19. The van der Waals surface area contributed by atoms with Gasteiger partial charge in [0.1, 0.15) is 10.8 Å². The number of imidazole rings is 1. The third-order valence-electron chi connectivity index (χ3n) is 3.14. The number of rotatable bonds is 3. The van der Waals surface area contributed by atoms with Crippen LogP contribution in [0.5, 0.6) is 5.75 Å². The lowest BCUT2D eigenvalue weighted by Gasteiger charge is -2.01. The fourth-order valence-corrected chi connectivity index (χ4v) is 2.93. The monoisotopic (exact) mass is 273 g/mol. The maximum atomic E-state index is 5.17. The summed E-state index contributed by atoms with van der Waals surface area (Å²) in [4.78, 5) is 5.64. The van der Waals surface area contributed by atoms with Gasteiger partial charge in [0, 0.05) is 5.56 Å². The maximum absolute atomic E-state index is 5.17. The van der Waals surface area contributed by atoms with Crippen LogP contribution in [0.4, 0.5) is 0 Å². The molecule has 2 aromatic heterocycles. The van der Waals surface area contributed by atoms with Crippen LogP contribution in [-0.2, 0) is 6.42 Å². The molecule has 0 saturated carbocycles. The Labute approximate surface area is 115 Å². The summed E-state index contributed by atoms with van der Waals surface area (Å²) in [6.45, 7) is 4.16. The van der Waals surface area contributed by atoms with Crippen molar-refractivity contribution in [1.29, 1.82) is 0 Å². The van der Waals surface area contributed by atoms with Crippen LogP contribution in [0.2, 0.25) is 0 Å². The molecule has 0 N–H and O–H groups in total. The van der Waals surface area contributed by atoms with Crippen LogP contribution in [-0.4, -0.2) is 21.7 Å². The Morgan fingerprint density at radius 1 is 1.26 bits per heavy atom. The number of benzene rings is 1. The maximum Gasteiger partial charge on any atom is 0.212 e. The van der Waals surface area contributed by atoms with Crippen LogP contribution in [0, 0.1) is 6.92 Å². The highest BCUT2D eigenvalue weighted by molar-refractivity contribution is 7.16. The quantitative estimate of drug-likeness (QED) is 0.734. The van der Waals surface area contributed by atoms with Gasteiger partial charge >= 0.3 is 0 Å². The summed E-state index contributed by atoms with van der Waals surface area (Å²) in [7, 11) is 1.67. The topological polar surface area (TPSA) is 39.4 Å². The van der Waals surface area contributed by atoms with Gasteiger partial charge in [-0.1, -0.05) is 18.3 Å². The minimum Gasteiger partial charge on any atom is -0.497 e. The molecule has 0 spiro atoms. The Morgan fingerprint density at radius 2 is 2.00 bits per heavy atom. The molecule has 0 radical (unpaired) electrons. The Bertz CT molecular complexity index is 712. The number of nitrogens with zero attached hydrogens (tertiary/aromatic N) is 3. The van der Waals surface area contributed by atoms with Gasteiger partial charge in [0.15, 0.2) is 0 Å². The zero-order valence-electron chi connectivity index (χ0n) is 11.2. The summed E-state index contributed by atoms with van der Waals surface area (Å²) in [6.07, 6.45) is 0.950. The first kappa shape index (κ1) is 12.2. The number of aryl methyl sites for hydroxylation is 2. The Kier molecular flexibility index (Phi) is 2.98. The fourth-order valence-electron chi connectivity index (χ4n) is 2.05. The molecule has 0 atom stereocenters. The van der Waals surface area contributed by atoms with Gasteiger partial charge in [-0.3, -0.25) is 0 Å². The van der Waals surface area contributed by atoms with Crippen LogP contribution in [0.1, 0.15) is 17.6 Å². The highest BCUT2D eigenvalue weighted by atomic mass is 32.1. The SMILES string of the molecule is CCc1nn2c(C)c(-c3ccc(OC)cc3)nc2s1. The van der Waals surface area contributed by atoms with Gasteiger partial charge in [-0.05, 0) is 37.6 Å². The van der Waals surface area contributed by atoms with Crippen molar-refractivity contribution in [2.24, 2.45) is 0 Å². The number of hydrogen-bond donors (Lipinski definition) is 0. The number of aromatic nitrogens is 3. The second-order valence-electron chi connectivity index (χ2n) is 4.32. The average Bonchev–Trinajstić information content (AvgIpc) is 2.99. The van der Waals surface area contributed by atoms with Crippen molar-refractivity contribution in [1.82, 2.24) is 14.6 Å². The molecule has 98 valence electrons. The summed E-state index contributed by atoms with van der Waals surface area (Å²) >= 11 is 1.65. The van der Waals surface area contributed by atoms with Crippen molar-refractivity contribution in [3.05, 3.63) is 35.0 Å². The summed E-state index contributed by atoms with van der Waals surface area (Å²) in [6, 6.07) is 7.96. The molecule has 0 amide bonds. The lowest BCUT2D eigenvalue weighted by atomic mass is 10.1. The first-order valence-corrected chi connectivity index (χ1v) is 7.04. The molecule has 5 heteroatoms. The van der Waals surface area contributed by atoms with E-state index in [1.807, 2.05) is 28.8 Å². The molecule has 0 aliphatic rings. The van der Waals surface area contributed by atoms with Crippen LogP contribution in [0.15, 0.2) is 24.3 Å². The Hall–Kier alpha value is -1.88. The summed E-state index contributed by atoms with van der Waals surface area (Å²) in [5.41, 5.74) is 3.16. The van der Waals surface area contributed by atoms with E-state index in [1.54, 1.807) is 18.4 Å². The van der Waals surface area contributed by atoms with Gasteiger partial charge in [-0.15, -0.1) is 0 Å². The van der Waals surface area contributed by atoms with Crippen molar-refractivity contribution < 1.29 is 4.74 Å². The van der Waals surface area contributed by atoms with Gasteiger partial charge < -0.3 is 4.74 Å². The third kappa shape index (κ3) is 2.00. The number of fused-ring (bicyclic) bond motifs is 1. The van der Waals surface area contributed by atoms with Gasteiger partial charge in [0.2, 0.25) is 4.96 Å². The van der Waals surface area contributed by atoms with Crippen LogP contribution < -0.4 is 4.74 Å². The first-order chi connectivity index (χ1) is 9.22. The fraction of sp³-hybridized carbons (Fsp3) is 0.286. The molecule has 0 fully saturated rings. The zero-order valence-corrected chi connectivity index (χ0v) is 12.0. The van der Waals surface area contributed by atoms with E-state index in [-0.39, 0.29) is 0 Å². The van der Waals surface area contributed by atoms with E-state index in [9.17, 15) is 0 Å². The van der Waals surface area contributed by atoms with Crippen LogP contribution in [0.3, 0.4) is 0 Å². The minimum atomic E-state index is 0.855. The molecule has 4 nitrogen and oxygen atoms in total. The molecule has 0 aliphatic carbocycles. The largest absolute Gasteiger partial charge is 0.497 e. The van der Waals surface area contributed by atoms with E-state index in [0.29, 0.717) is 0 Å². The van der Waals surface area contributed by atoms with Crippen molar-refractivity contribution >= 4 is 16.3 Å². The van der Waals surface area contributed by atoms with E-state index < -0.39 is 0 Å².